The number of nitrogens with one attached hydrogen (secondary N) is 1. The van der Waals surface area contributed by atoms with E-state index in [0.717, 1.165) is 6.42 Å². The maximum Gasteiger partial charge on any atom is 0.330 e. The number of amides is 1. The fourth-order valence-corrected chi connectivity index (χ4v) is 1.77. The minimum Gasteiger partial charge on any atom is -0.467 e. The van der Waals surface area contributed by atoms with Crippen LogP contribution in [0.1, 0.15) is 26.7 Å². The number of methoxy groups -OCH3 is 1. The van der Waals surface area contributed by atoms with Gasteiger partial charge in [-0.15, -0.1) is 0 Å². The van der Waals surface area contributed by atoms with Crippen molar-refractivity contribution in [3.63, 3.8) is 0 Å². The van der Waals surface area contributed by atoms with Crippen LogP contribution in [-0.2, 0) is 19.1 Å². The molecule has 0 spiro atoms. The van der Waals surface area contributed by atoms with Gasteiger partial charge in [-0.1, -0.05) is 0 Å². The van der Waals surface area contributed by atoms with E-state index in [-0.39, 0.29) is 12.0 Å². The lowest BCUT2D eigenvalue weighted by molar-refractivity contribution is -0.151. The number of rotatable bonds is 4. The summed E-state index contributed by atoms with van der Waals surface area (Å²) in [6.45, 7) is 3.59. The van der Waals surface area contributed by atoms with E-state index in [1.54, 1.807) is 13.8 Å². The largest absolute Gasteiger partial charge is 0.467 e. The summed E-state index contributed by atoms with van der Waals surface area (Å²) in [5, 5.41) is 2.61. The van der Waals surface area contributed by atoms with Crippen molar-refractivity contribution in [3.05, 3.63) is 0 Å². The molecule has 3 N–H and O–H groups in total. The third kappa shape index (κ3) is 3.41. The van der Waals surface area contributed by atoms with E-state index in [9.17, 15) is 9.59 Å². The van der Waals surface area contributed by atoms with Crippen LogP contribution >= 0.6 is 0 Å². The predicted octanol–water partition coefficient (Wildman–Crippen LogP) is -0.439. The van der Waals surface area contributed by atoms with Crippen LogP contribution in [0, 0.1) is 0 Å². The van der Waals surface area contributed by atoms with Gasteiger partial charge < -0.3 is 20.5 Å². The van der Waals surface area contributed by atoms with Gasteiger partial charge in [0.15, 0.2) is 0 Å². The fraction of sp³-hybridized carbons (Fsp3) is 0.818. The molecule has 6 heteroatoms. The fourth-order valence-electron chi connectivity index (χ4n) is 1.77. The number of carbonyl (C=O) groups is 2. The molecule has 2 atom stereocenters. The highest BCUT2D eigenvalue weighted by molar-refractivity contribution is 5.89. The highest BCUT2D eigenvalue weighted by Crippen LogP contribution is 2.19. The Balaban J connectivity index is 2.52. The van der Waals surface area contributed by atoms with Gasteiger partial charge in [-0.3, -0.25) is 4.79 Å². The number of nitrogens with two attached hydrogens (primary N) is 1. The zero-order valence-corrected chi connectivity index (χ0v) is 10.5. The molecule has 1 aliphatic heterocycles. The molecule has 0 aliphatic carbocycles. The van der Waals surface area contributed by atoms with E-state index in [1.807, 2.05) is 0 Å². The summed E-state index contributed by atoms with van der Waals surface area (Å²) in [5.41, 5.74) is 4.42. The van der Waals surface area contributed by atoms with Crippen LogP contribution in [0.4, 0.5) is 0 Å². The molecular formula is C11H20N2O4. The summed E-state index contributed by atoms with van der Waals surface area (Å²) in [4.78, 5) is 23.3. The predicted molar refractivity (Wildman–Crippen MR) is 61.2 cm³/mol. The normalized spacial score (nSPS) is 24.5. The lowest BCUT2D eigenvalue weighted by Crippen LogP contribution is -2.53. The van der Waals surface area contributed by atoms with Crippen LogP contribution < -0.4 is 11.1 Å². The van der Waals surface area contributed by atoms with Gasteiger partial charge in [-0.05, 0) is 26.7 Å². The molecule has 1 heterocycles. The van der Waals surface area contributed by atoms with Crippen LogP contribution in [0.3, 0.4) is 0 Å². The minimum absolute atomic E-state index is 0.0630. The second-order valence-corrected chi connectivity index (χ2v) is 4.67. The molecule has 0 radical (unpaired) electrons. The van der Waals surface area contributed by atoms with Gasteiger partial charge >= 0.3 is 5.97 Å². The first-order valence-electron chi connectivity index (χ1n) is 5.66. The summed E-state index contributed by atoms with van der Waals surface area (Å²) in [5.74, 6) is -0.782. The number of esters is 1. The number of carbonyl (C=O) groups excluding carboxylic acids is 2. The van der Waals surface area contributed by atoms with Crippen molar-refractivity contribution >= 4 is 11.9 Å². The standard InChI is InChI=1S/C11H20N2O4/c1-11(2,10(15)16-3)13-9(14)8-5-4-7(6-12)17-8/h7-8H,4-6,12H2,1-3H3,(H,13,14)/t7-,8+/m1/s1. The highest BCUT2D eigenvalue weighted by Gasteiger charge is 2.36. The summed E-state index contributed by atoms with van der Waals surface area (Å²) >= 11 is 0. The second kappa shape index (κ2) is 5.46. The van der Waals surface area contributed by atoms with Gasteiger partial charge in [-0.2, -0.15) is 0 Å². The molecule has 1 aliphatic rings. The van der Waals surface area contributed by atoms with E-state index >= 15 is 0 Å². The lowest BCUT2D eigenvalue weighted by Gasteiger charge is -2.24. The Morgan fingerprint density at radius 1 is 1.47 bits per heavy atom. The molecule has 1 rings (SSSR count). The summed E-state index contributed by atoms with van der Waals surface area (Å²) < 4.78 is 10.0. The summed E-state index contributed by atoms with van der Waals surface area (Å²) in [6.07, 6.45) is 0.817. The Morgan fingerprint density at radius 3 is 2.59 bits per heavy atom. The van der Waals surface area contributed by atoms with Gasteiger partial charge in [0.1, 0.15) is 11.6 Å². The van der Waals surface area contributed by atoms with E-state index < -0.39 is 17.6 Å². The van der Waals surface area contributed by atoms with Crippen molar-refractivity contribution in [2.75, 3.05) is 13.7 Å². The topological polar surface area (TPSA) is 90.7 Å². The SMILES string of the molecule is COC(=O)C(C)(C)NC(=O)[C@@H]1CC[C@H](CN)O1. The van der Waals surface area contributed by atoms with Crippen molar-refractivity contribution in [1.29, 1.82) is 0 Å². The van der Waals surface area contributed by atoms with Crippen molar-refractivity contribution in [3.8, 4) is 0 Å². The average molecular weight is 244 g/mol. The molecule has 1 amide bonds. The van der Waals surface area contributed by atoms with E-state index in [0.29, 0.717) is 13.0 Å². The third-order valence-electron chi connectivity index (χ3n) is 2.79. The van der Waals surface area contributed by atoms with E-state index in [2.05, 4.69) is 10.1 Å². The molecule has 0 saturated carbocycles. The van der Waals surface area contributed by atoms with E-state index in [1.165, 1.54) is 7.11 Å². The van der Waals surface area contributed by atoms with Gasteiger partial charge in [0.2, 0.25) is 5.91 Å². The van der Waals surface area contributed by atoms with Crippen molar-refractivity contribution in [1.82, 2.24) is 5.32 Å². The maximum absolute atomic E-state index is 11.9. The number of hydrogen-bond acceptors (Lipinski definition) is 5. The third-order valence-corrected chi connectivity index (χ3v) is 2.79. The van der Waals surface area contributed by atoms with Gasteiger partial charge in [0.05, 0.1) is 13.2 Å². The summed E-state index contributed by atoms with van der Waals surface area (Å²) in [7, 11) is 1.28. The Morgan fingerprint density at radius 2 is 2.12 bits per heavy atom. The molecule has 0 bridgehead atoms. The monoisotopic (exact) mass is 244 g/mol. The smallest absolute Gasteiger partial charge is 0.330 e. The Hall–Kier alpha value is -1.14. The molecule has 1 saturated heterocycles. The van der Waals surface area contributed by atoms with Crippen LogP contribution in [0.15, 0.2) is 0 Å². The van der Waals surface area contributed by atoms with Crippen LogP contribution in [0.5, 0.6) is 0 Å². The quantitative estimate of drug-likeness (QED) is 0.654. The molecule has 0 unspecified atom stereocenters. The molecule has 6 nitrogen and oxygen atoms in total. The summed E-state index contributed by atoms with van der Waals surface area (Å²) in [6, 6.07) is 0. The van der Waals surface area contributed by atoms with Gasteiger partial charge in [0.25, 0.3) is 0 Å². The van der Waals surface area contributed by atoms with Crippen LogP contribution in [0.25, 0.3) is 0 Å². The maximum atomic E-state index is 11.9. The molecule has 0 aromatic heterocycles. The molecule has 98 valence electrons. The molecule has 17 heavy (non-hydrogen) atoms. The average Bonchev–Trinajstić information content (AvgIpc) is 2.75. The van der Waals surface area contributed by atoms with Crippen LogP contribution in [0.2, 0.25) is 0 Å². The highest BCUT2D eigenvalue weighted by atomic mass is 16.5. The van der Waals surface area contributed by atoms with Crippen molar-refractivity contribution in [2.24, 2.45) is 5.73 Å². The number of hydrogen-bond donors (Lipinski definition) is 2. The van der Waals surface area contributed by atoms with Crippen LogP contribution in [-0.4, -0.2) is 43.3 Å². The molecule has 1 fully saturated rings. The zero-order valence-electron chi connectivity index (χ0n) is 10.5. The van der Waals surface area contributed by atoms with Crippen molar-refractivity contribution in [2.45, 2.75) is 44.4 Å². The molecular weight excluding hydrogens is 224 g/mol. The Kier molecular flexibility index (Phi) is 4.47. The second-order valence-electron chi connectivity index (χ2n) is 4.67. The first kappa shape index (κ1) is 13.9. The first-order valence-corrected chi connectivity index (χ1v) is 5.66. The van der Waals surface area contributed by atoms with E-state index in [4.69, 9.17) is 10.5 Å². The number of ether oxygens (including phenoxy) is 2. The molecule has 0 aromatic carbocycles. The lowest BCUT2D eigenvalue weighted by atomic mass is 10.1. The Bertz CT molecular complexity index is 304. The van der Waals surface area contributed by atoms with Crippen molar-refractivity contribution < 1.29 is 19.1 Å². The minimum atomic E-state index is -1.05. The first-order chi connectivity index (χ1) is 7.90. The van der Waals surface area contributed by atoms with Gasteiger partial charge in [0, 0.05) is 6.54 Å². The molecule has 0 aromatic rings. The van der Waals surface area contributed by atoms with Gasteiger partial charge in [-0.25, -0.2) is 4.79 Å². The zero-order chi connectivity index (χ0) is 13.1. The Labute approximate surface area is 101 Å².